The summed E-state index contributed by atoms with van der Waals surface area (Å²) >= 11 is 0. The van der Waals surface area contributed by atoms with Crippen LogP contribution < -0.4 is 10.6 Å². The minimum Gasteiger partial charge on any atom is -0.381 e. The Bertz CT molecular complexity index is 1220. The summed E-state index contributed by atoms with van der Waals surface area (Å²) in [4.78, 5) is 28.6. The van der Waals surface area contributed by atoms with Gasteiger partial charge in [0.25, 0.3) is 0 Å². The van der Waals surface area contributed by atoms with Crippen molar-refractivity contribution in [1.29, 1.82) is 0 Å². The van der Waals surface area contributed by atoms with Crippen molar-refractivity contribution in [1.82, 2.24) is 23.9 Å². The lowest BCUT2D eigenvalue weighted by Crippen LogP contribution is -2.28. The van der Waals surface area contributed by atoms with Crippen molar-refractivity contribution in [3.05, 3.63) is 65.2 Å². The van der Waals surface area contributed by atoms with E-state index in [9.17, 15) is 4.79 Å². The number of benzene rings is 1. The van der Waals surface area contributed by atoms with E-state index in [1.807, 2.05) is 30.3 Å². The van der Waals surface area contributed by atoms with Crippen LogP contribution in [0.5, 0.6) is 0 Å². The van der Waals surface area contributed by atoms with E-state index in [4.69, 9.17) is 14.7 Å². The van der Waals surface area contributed by atoms with Crippen molar-refractivity contribution in [2.75, 3.05) is 31.7 Å². The van der Waals surface area contributed by atoms with Crippen LogP contribution in [0.4, 0.5) is 5.82 Å². The number of fused-ring (bicyclic) bond motifs is 2. The van der Waals surface area contributed by atoms with E-state index >= 15 is 0 Å². The van der Waals surface area contributed by atoms with Crippen molar-refractivity contribution in [2.45, 2.75) is 13.0 Å². The molecule has 0 bridgehead atoms. The van der Waals surface area contributed by atoms with Crippen molar-refractivity contribution < 1.29 is 4.74 Å². The topological polar surface area (TPSA) is 77.5 Å². The summed E-state index contributed by atoms with van der Waals surface area (Å²) in [7, 11) is 2.06. The standard InChI is InChI=1S/C21H22N6O2/c1-25(12-15-7-11-29-14-15)20-16-4-2-3-5-17(16)23-18(24-20)13-26-9-6-19-22-8-10-27(19)21(26)28/h2-6,8-10,15H,7,11-14H2,1H3. The van der Waals surface area contributed by atoms with Crippen LogP contribution in [0.1, 0.15) is 12.2 Å². The Balaban J connectivity index is 1.53. The molecule has 0 aliphatic carbocycles. The number of hydrogen-bond donors (Lipinski definition) is 0. The molecule has 4 heterocycles. The van der Waals surface area contributed by atoms with Crippen LogP contribution in [-0.4, -0.2) is 50.7 Å². The van der Waals surface area contributed by atoms with Crippen molar-refractivity contribution >= 4 is 22.4 Å². The molecule has 1 fully saturated rings. The molecule has 3 aromatic heterocycles. The average molecular weight is 390 g/mol. The van der Waals surface area contributed by atoms with Gasteiger partial charge in [0.1, 0.15) is 11.5 Å². The zero-order chi connectivity index (χ0) is 19.8. The SMILES string of the molecule is CN(CC1CCOC1)c1nc(Cn2ccc3nccn3c2=O)nc2ccccc12. The molecule has 0 amide bonds. The Morgan fingerprint density at radius 1 is 1.21 bits per heavy atom. The number of rotatable bonds is 5. The van der Waals surface area contributed by atoms with Crippen LogP contribution in [-0.2, 0) is 11.3 Å². The summed E-state index contributed by atoms with van der Waals surface area (Å²) in [6.45, 7) is 2.79. The lowest BCUT2D eigenvalue weighted by atomic mass is 10.1. The van der Waals surface area contributed by atoms with Gasteiger partial charge in [-0.15, -0.1) is 0 Å². The third-order valence-corrected chi connectivity index (χ3v) is 5.38. The molecule has 8 heteroatoms. The molecule has 1 saturated heterocycles. The molecule has 0 spiro atoms. The molecule has 1 unspecified atom stereocenters. The number of anilines is 1. The van der Waals surface area contributed by atoms with Gasteiger partial charge in [-0.25, -0.2) is 19.7 Å². The Kier molecular flexibility index (Phi) is 4.48. The fraction of sp³-hybridized carbons (Fsp3) is 0.333. The Morgan fingerprint density at radius 2 is 2.10 bits per heavy atom. The molecular formula is C21H22N6O2. The maximum absolute atomic E-state index is 12.7. The first-order chi connectivity index (χ1) is 14.2. The second kappa shape index (κ2) is 7.29. The first kappa shape index (κ1) is 17.8. The number of ether oxygens (including phenoxy) is 1. The van der Waals surface area contributed by atoms with Crippen LogP contribution in [0, 0.1) is 5.92 Å². The van der Waals surface area contributed by atoms with Gasteiger partial charge in [0.15, 0.2) is 5.82 Å². The number of nitrogens with zero attached hydrogens (tertiary/aromatic N) is 6. The maximum atomic E-state index is 12.7. The van der Waals surface area contributed by atoms with E-state index in [0.717, 1.165) is 42.9 Å². The quantitative estimate of drug-likeness (QED) is 0.518. The van der Waals surface area contributed by atoms with E-state index in [2.05, 4.69) is 16.9 Å². The summed E-state index contributed by atoms with van der Waals surface area (Å²) in [5.74, 6) is 1.99. The number of imidazole rings is 1. The largest absolute Gasteiger partial charge is 0.381 e. The molecule has 0 saturated carbocycles. The fourth-order valence-corrected chi connectivity index (χ4v) is 3.90. The molecule has 1 aliphatic rings. The Labute approximate surface area is 167 Å². The molecule has 29 heavy (non-hydrogen) atoms. The Morgan fingerprint density at radius 3 is 2.97 bits per heavy atom. The van der Waals surface area contributed by atoms with Crippen molar-refractivity contribution in [2.24, 2.45) is 5.92 Å². The first-order valence-corrected chi connectivity index (χ1v) is 9.76. The molecule has 1 aromatic carbocycles. The van der Waals surface area contributed by atoms with E-state index in [-0.39, 0.29) is 5.69 Å². The number of hydrogen-bond acceptors (Lipinski definition) is 6. The zero-order valence-corrected chi connectivity index (χ0v) is 16.2. The van der Waals surface area contributed by atoms with Crippen LogP contribution >= 0.6 is 0 Å². The molecule has 148 valence electrons. The normalized spacial score (nSPS) is 16.7. The molecular weight excluding hydrogens is 368 g/mol. The molecule has 1 aliphatic heterocycles. The minimum atomic E-state index is -0.158. The minimum absolute atomic E-state index is 0.158. The van der Waals surface area contributed by atoms with Crippen LogP contribution in [0.3, 0.4) is 0 Å². The smallest absolute Gasteiger partial charge is 0.334 e. The van der Waals surface area contributed by atoms with Gasteiger partial charge in [0, 0.05) is 50.1 Å². The second-order valence-electron chi connectivity index (χ2n) is 7.47. The fourth-order valence-electron chi connectivity index (χ4n) is 3.90. The second-order valence-corrected chi connectivity index (χ2v) is 7.47. The van der Waals surface area contributed by atoms with E-state index in [1.165, 1.54) is 4.40 Å². The first-order valence-electron chi connectivity index (χ1n) is 9.76. The van der Waals surface area contributed by atoms with Gasteiger partial charge < -0.3 is 9.64 Å². The van der Waals surface area contributed by atoms with E-state index in [1.54, 1.807) is 23.2 Å². The molecule has 0 N–H and O–H groups in total. The van der Waals surface area contributed by atoms with Gasteiger partial charge in [-0.3, -0.25) is 8.97 Å². The van der Waals surface area contributed by atoms with Gasteiger partial charge in [0.2, 0.25) is 0 Å². The number of para-hydroxylation sites is 1. The molecule has 8 nitrogen and oxygen atoms in total. The highest BCUT2D eigenvalue weighted by Crippen LogP contribution is 2.25. The van der Waals surface area contributed by atoms with Crippen molar-refractivity contribution in [3.63, 3.8) is 0 Å². The van der Waals surface area contributed by atoms with Crippen LogP contribution in [0.2, 0.25) is 0 Å². The maximum Gasteiger partial charge on any atom is 0.334 e. The van der Waals surface area contributed by atoms with Gasteiger partial charge in [-0.2, -0.15) is 0 Å². The van der Waals surface area contributed by atoms with E-state index in [0.29, 0.717) is 23.9 Å². The van der Waals surface area contributed by atoms with Gasteiger partial charge in [-0.05, 0) is 24.6 Å². The average Bonchev–Trinajstić information content (AvgIpc) is 3.41. The van der Waals surface area contributed by atoms with Crippen molar-refractivity contribution in [3.8, 4) is 0 Å². The lowest BCUT2D eigenvalue weighted by Gasteiger charge is -2.23. The third-order valence-electron chi connectivity index (χ3n) is 5.38. The highest BCUT2D eigenvalue weighted by molar-refractivity contribution is 5.89. The Hall–Kier alpha value is -3.26. The van der Waals surface area contributed by atoms with Gasteiger partial charge >= 0.3 is 5.69 Å². The highest BCUT2D eigenvalue weighted by atomic mass is 16.5. The molecule has 0 radical (unpaired) electrons. The predicted molar refractivity (Wildman–Crippen MR) is 110 cm³/mol. The van der Waals surface area contributed by atoms with Crippen LogP contribution in [0.25, 0.3) is 16.6 Å². The number of aromatic nitrogens is 5. The summed E-state index contributed by atoms with van der Waals surface area (Å²) < 4.78 is 8.65. The van der Waals surface area contributed by atoms with Crippen LogP contribution in [0.15, 0.2) is 53.7 Å². The third kappa shape index (κ3) is 3.36. The predicted octanol–water partition coefficient (Wildman–Crippen LogP) is 1.96. The molecule has 1 atom stereocenters. The summed E-state index contributed by atoms with van der Waals surface area (Å²) in [6, 6.07) is 9.81. The lowest BCUT2D eigenvalue weighted by molar-refractivity contribution is 0.186. The van der Waals surface area contributed by atoms with Gasteiger partial charge in [-0.1, -0.05) is 12.1 Å². The van der Waals surface area contributed by atoms with E-state index < -0.39 is 0 Å². The zero-order valence-electron chi connectivity index (χ0n) is 16.2. The summed E-state index contributed by atoms with van der Waals surface area (Å²) in [5.41, 5.74) is 1.35. The summed E-state index contributed by atoms with van der Waals surface area (Å²) in [6.07, 6.45) is 6.09. The summed E-state index contributed by atoms with van der Waals surface area (Å²) in [5, 5.41) is 1.01. The monoisotopic (exact) mass is 390 g/mol. The molecule has 5 rings (SSSR count). The highest BCUT2D eigenvalue weighted by Gasteiger charge is 2.20. The van der Waals surface area contributed by atoms with Gasteiger partial charge in [0.05, 0.1) is 18.7 Å². The molecule has 4 aromatic rings.